The molecule has 1 aliphatic rings. The van der Waals surface area contributed by atoms with Gasteiger partial charge in [0.2, 0.25) is 0 Å². The molecule has 5 heteroatoms. The molecule has 1 amide bonds. The van der Waals surface area contributed by atoms with Crippen LogP contribution in [0.2, 0.25) is 0 Å². The molecule has 2 aromatic carbocycles. The van der Waals surface area contributed by atoms with Crippen molar-refractivity contribution in [2.24, 2.45) is 5.92 Å². The summed E-state index contributed by atoms with van der Waals surface area (Å²) in [7, 11) is 0. The maximum Gasteiger partial charge on any atom is 0.259 e. The molecule has 5 nitrogen and oxygen atoms in total. The van der Waals surface area contributed by atoms with Crippen LogP contribution in [0.4, 0.5) is 5.69 Å². The lowest BCUT2D eigenvalue weighted by molar-refractivity contribution is 0.102. The highest BCUT2D eigenvalue weighted by molar-refractivity contribution is 6.14. The average molecular weight is 407 g/mol. The van der Waals surface area contributed by atoms with Crippen LogP contribution in [0, 0.1) is 26.7 Å². The number of anilines is 1. The van der Waals surface area contributed by atoms with E-state index in [2.05, 4.69) is 17.1 Å². The molecule has 30 heavy (non-hydrogen) atoms. The van der Waals surface area contributed by atoms with E-state index in [0.29, 0.717) is 34.8 Å². The van der Waals surface area contributed by atoms with Crippen molar-refractivity contribution >= 4 is 22.6 Å². The topological polar surface area (TPSA) is 65.7 Å². The normalized spacial score (nSPS) is 17.4. The third-order valence-corrected chi connectivity index (χ3v) is 6.10. The van der Waals surface area contributed by atoms with E-state index < -0.39 is 0 Å². The second-order valence-electron chi connectivity index (χ2n) is 8.72. The fraction of sp³-hybridized carbons (Fsp3) is 0.400. The van der Waals surface area contributed by atoms with Crippen molar-refractivity contribution in [1.29, 1.82) is 0 Å². The molecule has 2 N–H and O–H groups in total. The monoisotopic (exact) mass is 406 g/mol. The van der Waals surface area contributed by atoms with Crippen LogP contribution in [0.3, 0.4) is 0 Å². The molecule has 1 saturated heterocycles. The maximum atomic E-state index is 13.3. The molecular weight excluding hydrogens is 376 g/mol. The maximum absolute atomic E-state index is 13.3. The summed E-state index contributed by atoms with van der Waals surface area (Å²) < 4.78 is 5.92. The lowest BCUT2D eigenvalue weighted by atomic mass is 9.98. The van der Waals surface area contributed by atoms with Crippen LogP contribution in [0.15, 0.2) is 34.7 Å². The van der Waals surface area contributed by atoms with Crippen LogP contribution < -0.4 is 5.32 Å². The lowest BCUT2D eigenvalue weighted by Gasteiger charge is -2.31. The molecule has 0 aliphatic carbocycles. The summed E-state index contributed by atoms with van der Waals surface area (Å²) in [5.41, 5.74) is 4.85. The number of amides is 1. The highest BCUT2D eigenvalue weighted by atomic mass is 16.3. The Kier molecular flexibility index (Phi) is 5.56. The van der Waals surface area contributed by atoms with E-state index in [1.165, 1.54) is 6.42 Å². The van der Waals surface area contributed by atoms with Gasteiger partial charge in [-0.2, -0.15) is 0 Å². The first-order valence-corrected chi connectivity index (χ1v) is 10.7. The first-order chi connectivity index (χ1) is 14.3. The van der Waals surface area contributed by atoms with Crippen molar-refractivity contribution < 1.29 is 14.3 Å². The van der Waals surface area contributed by atoms with E-state index in [0.717, 1.165) is 41.9 Å². The number of phenols is 1. The van der Waals surface area contributed by atoms with Crippen LogP contribution in [-0.2, 0) is 6.54 Å². The number of phenolic OH excluding ortho intramolecular Hbond substituents is 1. The van der Waals surface area contributed by atoms with Gasteiger partial charge >= 0.3 is 0 Å². The van der Waals surface area contributed by atoms with Crippen molar-refractivity contribution in [3.63, 3.8) is 0 Å². The summed E-state index contributed by atoms with van der Waals surface area (Å²) in [6, 6.07) is 9.36. The number of benzene rings is 2. The average Bonchev–Trinajstić information content (AvgIpc) is 3.03. The minimum Gasteiger partial charge on any atom is -0.508 e. The zero-order valence-electron chi connectivity index (χ0n) is 18.2. The molecule has 1 fully saturated rings. The zero-order chi connectivity index (χ0) is 21.4. The number of hydrogen-bond acceptors (Lipinski definition) is 4. The van der Waals surface area contributed by atoms with Crippen LogP contribution in [0.1, 0.15) is 52.6 Å². The molecule has 0 radical (unpaired) electrons. The summed E-state index contributed by atoms with van der Waals surface area (Å²) >= 11 is 0. The number of nitrogens with one attached hydrogen (secondary N) is 1. The molecule has 3 aromatic rings. The van der Waals surface area contributed by atoms with Crippen LogP contribution >= 0.6 is 0 Å². The Morgan fingerprint density at radius 3 is 2.77 bits per heavy atom. The summed E-state index contributed by atoms with van der Waals surface area (Å²) in [5.74, 6) is 1.20. The van der Waals surface area contributed by atoms with E-state index in [9.17, 15) is 9.90 Å². The molecule has 0 saturated carbocycles. The smallest absolute Gasteiger partial charge is 0.259 e. The van der Waals surface area contributed by atoms with Gasteiger partial charge in [0.25, 0.3) is 5.91 Å². The van der Waals surface area contributed by atoms with Gasteiger partial charge < -0.3 is 14.8 Å². The molecule has 158 valence electrons. The highest BCUT2D eigenvalue weighted by Gasteiger charge is 2.25. The Labute approximate surface area is 177 Å². The third-order valence-electron chi connectivity index (χ3n) is 6.10. The number of piperidine rings is 1. The molecule has 0 unspecified atom stereocenters. The summed E-state index contributed by atoms with van der Waals surface area (Å²) in [4.78, 5) is 15.6. The van der Waals surface area contributed by atoms with Crippen LogP contribution in [0.25, 0.3) is 11.0 Å². The number of carbonyl (C=O) groups excluding carboxylic acids is 1. The Balaban J connectivity index is 1.73. The quantitative estimate of drug-likeness (QED) is 0.596. The molecular formula is C25H30N2O3. The Morgan fingerprint density at radius 1 is 1.23 bits per heavy atom. The van der Waals surface area contributed by atoms with Gasteiger partial charge in [0.1, 0.15) is 17.1 Å². The molecule has 0 spiro atoms. The minimum absolute atomic E-state index is 0.210. The molecule has 1 aromatic heterocycles. The number of aryl methyl sites for hydroxylation is 3. The van der Waals surface area contributed by atoms with Crippen molar-refractivity contribution in [2.45, 2.75) is 47.1 Å². The number of carbonyl (C=O) groups is 1. The summed E-state index contributed by atoms with van der Waals surface area (Å²) in [5, 5.41) is 14.4. The number of nitrogens with zero attached hydrogens (tertiary/aromatic N) is 1. The first-order valence-electron chi connectivity index (χ1n) is 10.7. The minimum atomic E-state index is -0.211. The van der Waals surface area contributed by atoms with Gasteiger partial charge in [-0.05, 0) is 69.8 Å². The van der Waals surface area contributed by atoms with Crippen LogP contribution in [0.5, 0.6) is 5.75 Å². The predicted octanol–water partition coefficient (Wildman–Crippen LogP) is 5.55. The molecule has 4 rings (SSSR count). The molecule has 1 atom stereocenters. The van der Waals surface area contributed by atoms with Gasteiger partial charge in [-0.25, -0.2) is 0 Å². The Morgan fingerprint density at radius 2 is 2.03 bits per heavy atom. The molecule has 1 aliphatic heterocycles. The van der Waals surface area contributed by atoms with Gasteiger partial charge in [0.05, 0.1) is 5.56 Å². The predicted molar refractivity (Wildman–Crippen MR) is 120 cm³/mol. The fourth-order valence-electron chi connectivity index (χ4n) is 4.59. The van der Waals surface area contributed by atoms with Gasteiger partial charge in [-0.3, -0.25) is 9.69 Å². The second-order valence-corrected chi connectivity index (χ2v) is 8.72. The lowest BCUT2D eigenvalue weighted by Crippen LogP contribution is -2.33. The number of rotatable bonds is 4. The Bertz CT molecular complexity index is 1100. The van der Waals surface area contributed by atoms with Crippen molar-refractivity contribution in [3.05, 3.63) is 58.3 Å². The number of fused-ring (bicyclic) bond motifs is 1. The third kappa shape index (κ3) is 3.94. The molecule has 2 heterocycles. The van der Waals surface area contributed by atoms with E-state index >= 15 is 0 Å². The van der Waals surface area contributed by atoms with E-state index in [1.807, 2.05) is 32.0 Å². The van der Waals surface area contributed by atoms with Crippen LogP contribution in [-0.4, -0.2) is 29.0 Å². The number of furan rings is 1. The summed E-state index contributed by atoms with van der Waals surface area (Å²) in [6.07, 6.45) is 2.39. The first kappa shape index (κ1) is 20.5. The largest absolute Gasteiger partial charge is 0.508 e. The van der Waals surface area contributed by atoms with Gasteiger partial charge in [0, 0.05) is 29.7 Å². The number of aromatic hydroxyl groups is 1. The zero-order valence-corrected chi connectivity index (χ0v) is 18.2. The molecule has 0 bridgehead atoms. The van der Waals surface area contributed by atoms with Gasteiger partial charge in [-0.15, -0.1) is 0 Å². The number of hydrogen-bond donors (Lipinski definition) is 2. The van der Waals surface area contributed by atoms with Crippen molar-refractivity contribution in [1.82, 2.24) is 4.90 Å². The SMILES string of the molecule is Cc1ccc(NC(=O)c2c(C)oc3ccc(O)c(CN4CCC[C@H](C)C4)c23)c(C)c1. The van der Waals surface area contributed by atoms with Gasteiger partial charge in [0.15, 0.2) is 0 Å². The standard InChI is InChI=1S/C25H30N2O3/c1-15-7-8-20(17(3)12-15)26-25(29)23-18(4)30-22-10-9-21(28)19(24(22)23)14-27-11-5-6-16(2)13-27/h7-10,12,16,28H,5-6,11,13-14H2,1-4H3,(H,26,29)/t16-/m0/s1. The van der Waals surface area contributed by atoms with Crippen molar-refractivity contribution in [3.8, 4) is 5.75 Å². The van der Waals surface area contributed by atoms with Crippen molar-refractivity contribution in [2.75, 3.05) is 18.4 Å². The fourth-order valence-corrected chi connectivity index (χ4v) is 4.59. The highest BCUT2D eigenvalue weighted by Crippen LogP contribution is 2.36. The summed E-state index contributed by atoms with van der Waals surface area (Å²) in [6.45, 7) is 10.7. The van der Waals surface area contributed by atoms with Gasteiger partial charge in [-0.1, -0.05) is 24.6 Å². The number of likely N-dealkylation sites (tertiary alicyclic amines) is 1. The Hall–Kier alpha value is -2.79. The van der Waals surface area contributed by atoms with E-state index in [4.69, 9.17) is 4.42 Å². The van der Waals surface area contributed by atoms with E-state index in [-0.39, 0.29) is 11.7 Å². The van der Waals surface area contributed by atoms with E-state index in [1.54, 1.807) is 19.1 Å². The second kappa shape index (κ2) is 8.15.